The van der Waals surface area contributed by atoms with Crippen LogP contribution >= 0.6 is 23.1 Å². The smallest absolute Gasteiger partial charge is 0.267 e. The number of rotatable bonds is 4. The van der Waals surface area contributed by atoms with Crippen LogP contribution in [0.4, 0.5) is 0 Å². The number of thiophene rings is 1. The summed E-state index contributed by atoms with van der Waals surface area (Å²) in [7, 11) is 0. The molecule has 7 nitrogen and oxygen atoms in total. The second-order valence-corrected chi connectivity index (χ2v) is 7.07. The molecule has 0 saturated heterocycles. The van der Waals surface area contributed by atoms with Crippen molar-refractivity contribution in [1.82, 2.24) is 19.9 Å². The minimum Gasteiger partial charge on any atom is -0.443 e. The Kier molecular flexibility index (Phi) is 3.95. The Morgan fingerprint density at radius 1 is 1.46 bits per heavy atom. The van der Waals surface area contributed by atoms with E-state index in [-0.39, 0.29) is 17.7 Å². The summed E-state index contributed by atoms with van der Waals surface area (Å²) in [4.78, 5) is 33.9. The molecule has 0 radical (unpaired) electrons. The Morgan fingerprint density at radius 3 is 3.21 bits per heavy atom. The quantitative estimate of drug-likeness (QED) is 0.716. The highest BCUT2D eigenvalue weighted by molar-refractivity contribution is 7.99. The minimum absolute atomic E-state index is 0.0447. The monoisotopic (exact) mass is 360 g/mol. The van der Waals surface area contributed by atoms with Crippen molar-refractivity contribution in [2.45, 2.75) is 18.2 Å². The third-order valence-corrected chi connectivity index (χ3v) is 5.34. The molecule has 0 aromatic carbocycles. The molecule has 9 heteroatoms. The molecular formula is C15H12N4O3S2. The van der Waals surface area contributed by atoms with Gasteiger partial charge in [-0.15, -0.1) is 11.3 Å². The van der Waals surface area contributed by atoms with Gasteiger partial charge >= 0.3 is 0 Å². The first-order valence-electron chi connectivity index (χ1n) is 7.21. The maximum absolute atomic E-state index is 12.3. The lowest BCUT2D eigenvalue weighted by Crippen LogP contribution is -2.33. The highest BCUT2D eigenvalue weighted by atomic mass is 32.2. The van der Waals surface area contributed by atoms with E-state index in [2.05, 4.69) is 15.3 Å². The second kappa shape index (κ2) is 6.25. The summed E-state index contributed by atoms with van der Waals surface area (Å²) in [6, 6.07) is 3.83. The topological polar surface area (TPSA) is 90.0 Å². The second-order valence-electron chi connectivity index (χ2n) is 5.06. The van der Waals surface area contributed by atoms with Crippen LogP contribution in [0, 0.1) is 0 Å². The number of hydrogen-bond donors (Lipinski definition) is 1. The molecule has 0 atom stereocenters. The molecule has 122 valence electrons. The lowest BCUT2D eigenvalue weighted by Gasteiger charge is -2.05. The first kappa shape index (κ1) is 15.2. The molecular weight excluding hydrogens is 348 g/mol. The number of aromatic nitrogens is 3. The Hall–Kier alpha value is -2.39. The van der Waals surface area contributed by atoms with Crippen molar-refractivity contribution < 1.29 is 9.21 Å². The Morgan fingerprint density at radius 2 is 2.38 bits per heavy atom. The number of fused-ring (bicyclic) bond motifs is 1. The van der Waals surface area contributed by atoms with E-state index in [9.17, 15) is 9.59 Å². The van der Waals surface area contributed by atoms with E-state index in [1.165, 1.54) is 40.1 Å². The van der Waals surface area contributed by atoms with Crippen LogP contribution in [0.15, 0.2) is 44.3 Å². The van der Waals surface area contributed by atoms with E-state index in [0.29, 0.717) is 23.3 Å². The Labute approximate surface area is 144 Å². The molecule has 3 aromatic rings. The first-order valence-corrected chi connectivity index (χ1v) is 9.08. The zero-order valence-electron chi connectivity index (χ0n) is 12.4. The normalized spacial score (nSPS) is 13.0. The number of carbonyl (C=O) groups is 1. The predicted octanol–water partition coefficient (Wildman–Crippen LogP) is 2.00. The van der Waals surface area contributed by atoms with Crippen molar-refractivity contribution in [3.63, 3.8) is 0 Å². The molecule has 3 aromatic heterocycles. The van der Waals surface area contributed by atoms with E-state index in [1.807, 2.05) is 17.5 Å². The van der Waals surface area contributed by atoms with Gasteiger partial charge in [0, 0.05) is 18.5 Å². The van der Waals surface area contributed by atoms with Gasteiger partial charge in [0.15, 0.2) is 5.16 Å². The average molecular weight is 360 g/mol. The standard InChI is InChI=1S/C15H12N4O3S2/c20-12(10-7-17-15-19(14(10)21)3-5-24-15)16-6-9-8-22-13(18-9)11-2-1-4-23-11/h1-2,4,7-8H,3,5-6H2,(H,16,20). The summed E-state index contributed by atoms with van der Waals surface area (Å²) >= 11 is 3.04. The number of carbonyl (C=O) groups excluding carboxylic acids is 1. The highest BCUT2D eigenvalue weighted by Gasteiger charge is 2.20. The molecule has 1 amide bonds. The van der Waals surface area contributed by atoms with Gasteiger partial charge in [0.1, 0.15) is 11.8 Å². The first-order chi connectivity index (χ1) is 11.7. The third-order valence-electron chi connectivity index (χ3n) is 3.52. The van der Waals surface area contributed by atoms with E-state index < -0.39 is 5.91 Å². The van der Waals surface area contributed by atoms with Crippen LogP contribution in [-0.4, -0.2) is 26.2 Å². The van der Waals surface area contributed by atoms with Crippen molar-refractivity contribution >= 4 is 29.0 Å². The Bertz CT molecular complexity index is 946. The van der Waals surface area contributed by atoms with Crippen LogP contribution < -0.4 is 10.9 Å². The fraction of sp³-hybridized carbons (Fsp3) is 0.200. The molecule has 0 saturated carbocycles. The van der Waals surface area contributed by atoms with Crippen LogP contribution in [0.1, 0.15) is 16.1 Å². The molecule has 0 spiro atoms. The zero-order valence-corrected chi connectivity index (χ0v) is 14.0. The summed E-state index contributed by atoms with van der Waals surface area (Å²) < 4.78 is 6.93. The maximum atomic E-state index is 12.3. The summed E-state index contributed by atoms with van der Waals surface area (Å²) in [5.41, 5.74) is 0.335. The number of thioether (sulfide) groups is 1. The van der Waals surface area contributed by atoms with Crippen molar-refractivity contribution in [1.29, 1.82) is 0 Å². The van der Waals surface area contributed by atoms with Gasteiger partial charge in [0.05, 0.1) is 17.1 Å². The van der Waals surface area contributed by atoms with Gasteiger partial charge in [-0.2, -0.15) is 0 Å². The van der Waals surface area contributed by atoms with Gasteiger partial charge < -0.3 is 9.73 Å². The number of oxazole rings is 1. The lowest BCUT2D eigenvalue weighted by atomic mass is 10.3. The number of nitrogens with one attached hydrogen (secondary N) is 1. The van der Waals surface area contributed by atoms with Crippen molar-refractivity contribution in [2.75, 3.05) is 5.75 Å². The van der Waals surface area contributed by atoms with Gasteiger partial charge in [-0.1, -0.05) is 17.8 Å². The molecule has 4 rings (SSSR count). The highest BCUT2D eigenvalue weighted by Crippen LogP contribution is 2.23. The van der Waals surface area contributed by atoms with Gasteiger partial charge in [0.2, 0.25) is 5.89 Å². The van der Waals surface area contributed by atoms with E-state index >= 15 is 0 Å². The summed E-state index contributed by atoms with van der Waals surface area (Å²) in [6.07, 6.45) is 2.83. The summed E-state index contributed by atoms with van der Waals surface area (Å²) in [5, 5.41) is 5.29. The average Bonchev–Trinajstić information content (AvgIpc) is 3.32. The van der Waals surface area contributed by atoms with Crippen LogP contribution in [0.5, 0.6) is 0 Å². The summed E-state index contributed by atoms with van der Waals surface area (Å²) in [6.45, 7) is 0.768. The molecule has 1 N–H and O–H groups in total. The lowest BCUT2D eigenvalue weighted by molar-refractivity contribution is 0.0947. The van der Waals surface area contributed by atoms with E-state index in [4.69, 9.17) is 4.42 Å². The number of hydrogen-bond acceptors (Lipinski definition) is 7. The molecule has 0 fully saturated rings. The molecule has 4 heterocycles. The number of nitrogens with zero attached hydrogens (tertiary/aromatic N) is 3. The van der Waals surface area contributed by atoms with E-state index in [1.54, 1.807) is 0 Å². The SMILES string of the molecule is O=C(NCc1coc(-c2cccs2)n1)c1cnc2n(c1=O)CCS2. The molecule has 0 bridgehead atoms. The van der Waals surface area contributed by atoms with Crippen molar-refractivity contribution in [3.05, 3.63) is 51.6 Å². The van der Waals surface area contributed by atoms with E-state index in [0.717, 1.165) is 10.6 Å². The van der Waals surface area contributed by atoms with Crippen molar-refractivity contribution in [3.8, 4) is 10.8 Å². The molecule has 1 aliphatic rings. The molecule has 24 heavy (non-hydrogen) atoms. The fourth-order valence-corrected chi connectivity index (χ4v) is 3.91. The Balaban J connectivity index is 1.47. The minimum atomic E-state index is -0.458. The van der Waals surface area contributed by atoms with Crippen LogP contribution in [0.2, 0.25) is 0 Å². The number of amides is 1. The van der Waals surface area contributed by atoms with Crippen LogP contribution in [0.25, 0.3) is 10.8 Å². The largest absolute Gasteiger partial charge is 0.443 e. The predicted molar refractivity (Wildman–Crippen MR) is 90.2 cm³/mol. The zero-order chi connectivity index (χ0) is 16.5. The molecule has 0 unspecified atom stereocenters. The third kappa shape index (κ3) is 2.76. The fourth-order valence-electron chi connectivity index (χ4n) is 2.34. The maximum Gasteiger partial charge on any atom is 0.267 e. The molecule has 0 aliphatic carbocycles. The summed E-state index contributed by atoms with van der Waals surface area (Å²) in [5.74, 6) is 0.864. The van der Waals surface area contributed by atoms with Gasteiger partial charge in [-0.25, -0.2) is 9.97 Å². The van der Waals surface area contributed by atoms with Gasteiger partial charge in [-0.3, -0.25) is 14.2 Å². The van der Waals surface area contributed by atoms with Crippen LogP contribution in [-0.2, 0) is 13.1 Å². The van der Waals surface area contributed by atoms with Crippen LogP contribution in [0.3, 0.4) is 0 Å². The molecule has 1 aliphatic heterocycles. The van der Waals surface area contributed by atoms with Gasteiger partial charge in [0.25, 0.3) is 11.5 Å². The van der Waals surface area contributed by atoms with Crippen molar-refractivity contribution in [2.24, 2.45) is 0 Å². The van der Waals surface area contributed by atoms with Gasteiger partial charge in [-0.05, 0) is 11.4 Å².